The lowest BCUT2D eigenvalue weighted by molar-refractivity contribution is 0.390. The van der Waals surface area contributed by atoms with Crippen LogP contribution in [0.4, 0.5) is 5.95 Å². The summed E-state index contributed by atoms with van der Waals surface area (Å²) in [5, 5.41) is 3.39. The standard InChI is InChI=1S/C14H20N4/c1-18-9-7-11(10-18)6-8-15-14-16-12-4-2-3-5-13(12)17-14/h2-5,11H,6-10H2,1H3,(H2,15,16,17). The maximum atomic E-state index is 4.51. The molecule has 2 aromatic rings. The number of likely N-dealkylation sites (tertiary alicyclic amines) is 1. The highest BCUT2D eigenvalue weighted by atomic mass is 15.1. The number of H-pyrrole nitrogens is 1. The van der Waals surface area contributed by atoms with Crippen LogP contribution in [-0.4, -0.2) is 41.5 Å². The molecule has 0 spiro atoms. The van der Waals surface area contributed by atoms with E-state index in [4.69, 9.17) is 0 Å². The number of nitrogens with one attached hydrogen (secondary N) is 2. The third-order valence-electron chi connectivity index (χ3n) is 3.72. The van der Waals surface area contributed by atoms with Gasteiger partial charge in [-0.25, -0.2) is 4.98 Å². The van der Waals surface area contributed by atoms with E-state index in [1.165, 1.54) is 25.9 Å². The second kappa shape index (κ2) is 4.98. The first-order valence-electron chi connectivity index (χ1n) is 6.68. The van der Waals surface area contributed by atoms with Crippen molar-refractivity contribution in [1.82, 2.24) is 14.9 Å². The van der Waals surface area contributed by atoms with E-state index in [1.807, 2.05) is 18.2 Å². The number of para-hydroxylation sites is 2. The zero-order valence-corrected chi connectivity index (χ0v) is 10.8. The first kappa shape index (κ1) is 11.5. The van der Waals surface area contributed by atoms with Crippen LogP contribution in [0.2, 0.25) is 0 Å². The molecule has 1 fully saturated rings. The largest absolute Gasteiger partial charge is 0.356 e. The number of anilines is 1. The fraction of sp³-hybridized carbons (Fsp3) is 0.500. The predicted octanol–water partition coefficient (Wildman–Crippen LogP) is 2.32. The Morgan fingerprint density at radius 1 is 1.44 bits per heavy atom. The van der Waals surface area contributed by atoms with Crippen LogP contribution in [0.25, 0.3) is 11.0 Å². The van der Waals surface area contributed by atoms with Crippen molar-refractivity contribution in [1.29, 1.82) is 0 Å². The average Bonchev–Trinajstić information content (AvgIpc) is 2.95. The van der Waals surface area contributed by atoms with E-state index in [9.17, 15) is 0 Å². The van der Waals surface area contributed by atoms with Crippen molar-refractivity contribution in [2.24, 2.45) is 5.92 Å². The average molecular weight is 244 g/mol. The van der Waals surface area contributed by atoms with Gasteiger partial charge in [-0.05, 0) is 44.5 Å². The minimum Gasteiger partial charge on any atom is -0.356 e. The number of hydrogen-bond donors (Lipinski definition) is 2. The molecule has 1 unspecified atom stereocenters. The Morgan fingerprint density at radius 2 is 2.33 bits per heavy atom. The molecule has 1 atom stereocenters. The van der Waals surface area contributed by atoms with Gasteiger partial charge in [0, 0.05) is 13.1 Å². The summed E-state index contributed by atoms with van der Waals surface area (Å²) < 4.78 is 0. The van der Waals surface area contributed by atoms with Gasteiger partial charge in [0.25, 0.3) is 0 Å². The lowest BCUT2D eigenvalue weighted by Gasteiger charge is -2.10. The molecule has 1 aliphatic heterocycles. The molecular weight excluding hydrogens is 224 g/mol. The molecule has 1 aliphatic rings. The van der Waals surface area contributed by atoms with Crippen molar-refractivity contribution in [3.8, 4) is 0 Å². The Labute approximate surface area is 107 Å². The minimum absolute atomic E-state index is 0.840. The lowest BCUT2D eigenvalue weighted by Crippen LogP contribution is -2.16. The zero-order chi connectivity index (χ0) is 12.4. The number of imidazole rings is 1. The first-order chi connectivity index (χ1) is 8.81. The summed E-state index contributed by atoms with van der Waals surface area (Å²) in [6.07, 6.45) is 2.56. The van der Waals surface area contributed by atoms with Crippen molar-refractivity contribution < 1.29 is 0 Å². The SMILES string of the molecule is CN1CCC(CCNc2nc3ccccc3[nH]2)C1. The number of hydrogen-bond acceptors (Lipinski definition) is 3. The van der Waals surface area contributed by atoms with Crippen molar-refractivity contribution in [3.05, 3.63) is 24.3 Å². The molecule has 1 aromatic heterocycles. The van der Waals surface area contributed by atoms with Crippen LogP contribution in [-0.2, 0) is 0 Å². The van der Waals surface area contributed by atoms with Crippen LogP contribution < -0.4 is 5.32 Å². The van der Waals surface area contributed by atoms with Gasteiger partial charge in [0.15, 0.2) is 0 Å². The Bertz CT molecular complexity index is 486. The number of nitrogens with zero attached hydrogens (tertiary/aromatic N) is 2. The van der Waals surface area contributed by atoms with Crippen LogP contribution in [0.15, 0.2) is 24.3 Å². The van der Waals surface area contributed by atoms with Crippen LogP contribution in [0.5, 0.6) is 0 Å². The van der Waals surface area contributed by atoms with Gasteiger partial charge in [-0.1, -0.05) is 12.1 Å². The van der Waals surface area contributed by atoms with Gasteiger partial charge in [0.2, 0.25) is 5.95 Å². The highest BCUT2D eigenvalue weighted by Gasteiger charge is 2.18. The van der Waals surface area contributed by atoms with Gasteiger partial charge in [0.05, 0.1) is 11.0 Å². The third-order valence-corrected chi connectivity index (χ3v) is 3.72. The van der Waals surface area contributed by atoms with E-state index >= 15 is 0 Å². The number of rotatable bonds is 4. The number of aromatic amines is 1. The molecule has 0 aliphatic carbocycles. The van der Waals surface area contributed by atoms with Crippen molar-refractivity contribution >= 4 is 17.0 Å². The van der Waals surface area contributed by atoms with E-state index in [0.717, 1.165) is 29.4 Å². The van der Waals surface area contributed by atoms with Crippen LogP contribution in [0, 0.1) is 5.92 Å². The van der Waals surface area contributed by atoms with E-state index in [-0.39, 0.29) is 0 Å². The summed E-state index contributed by atoms with van der Waals surface area (Å²) in [6.45, 7) is 3.48. The number of aromatic nitrogens is 2. The van der Waals surface area contributed by atoms with Gasteiger partial charge >= 0.3 is 0 Å². The summed E-state index contributed by atoms with van der Waals surface area (Å²) in [5.41, 5.74) is 2.13. The Morgan fingerprint density at radius 3 is 3.11 bits per heavy atom. The van der Waals surface area contributed by atoms with Gasteiger partial charge in [-0.15, -0.1) is 0 Å². The zero-order valence-electron chi connectivity index (χ0n) is 10.8. The molecule has 1 aromatic carbocycles. The fourth-order valence-corrected chi connectivity index (χ4v) is 2.69. The second-order valence-electron chi connectivity index (χ2n) is 5.23. The van der Waals surface area contributed by atoms with Crippen molar-refractivity contribution in [2.45, 2.75) is 12.8 Å². The van der Waals surface area contributed by atoms with Gasteiger partial charge < -0.3 is 15.2 Å². The molecule has 96 valence electrons. The number of fused-ring (bicyclic) bond motifs is 1. The summed E-state index contributed by atoms with van der Waals surface area (Å²) >= 11 is 0. The van der Waals surface area contributed by atoms with E-state index in [2.05, 4.69) is 33.3 Å². The summed E-state index contributed by atoms with van der Waals surface area (Å²) in [6, 6.07) is 8.13. The topological polar surface area (TPSA) is 44.0 Å². The Kier molecular flexibility index (Phi) is 3.19. The molecule has 2 N–H and O–H groups in total. The smallest absolute Gasteiger partial charge is 0.201 e. The van der Waals surface area contributed by atoms with Crippen LogP contribution in [0.3, 0.4) is 0 Å². The van der Waals surface area contributed by atoms with Crippen LogP contribution >= 0.6 is 0 Å². The first-order valence-corrected chi connectivity index (χ1v) is 6.68. The molecule has 0 saturated carbocycles. The van der Waals surface area contributed by atoms with Gasteiger partial charge in [0.1, 0.15) is 0 Å². The van der Waals surface area contributed by atoms with Crippen molar-refractivity contribution in [3.63, 3.8) is 0 Å². The predicted molar refractivity (Wildman–Crippen MR) is 74.8 cm³/mol. The fourth-order valence-electron chi connectivity index (χ4n) is 2.69. The van der Waals surface area contributed by atoms with E-state index in [1.54, 1.807) is 0 Å². The molecule has 0 radical (unpaired) electrons. The van der Waals surface area contributed by atoms with Gasteiger partial charge in [-0.2, -0.15) is 0 Å². The molecule has 4 nitrogen and oxygen atoms in total. The Balaban J connectivity index is 1.53. The minimum atomic E-state index is 0.840. The van der Waals surface area contributed by atoms with E-state index < -0.39 is 0 Å². The molecule has 18 heavy (non-hydrogen) atoms. The lowest BCUT2D eigenvalue weighted by atomic mass is 10.1. The normalized spacial score (nSPS) is 20.6. The molecule has 1 saturated heterocycles. The maximum absolute atomic E-state index is 4.51. The molecule has 3 rings (SSSR count). The summed E-state index contributed by atoms with van der Waals surface area (Å²) in [5.74, 6) is 1.73. The monoisotopic (exact) mass is 244 g/mol. The highest BCUT2D eigenvalue weighted by molar-refractivity contribution is 5.77. The van der Waals surface area contributed by atoms with Gasteiger partial charge in [-0.3, -0.25) is 0 Å². The maximum Gasteiger partial charge on any atom is 0.201 e. The molecule has 4 heteroatoms. The quantitative estimate of drug-likeness (QED) is 0.867. The summed E-state index contributed by atoms with van der Waals surface area (Å²) in [7, 11) is 2.20. The molecule has 0 bridgehead atoms. The number of benzene rings is 1. The van der Waals surface area contributed by atoms with Crippen LogP contribution in [0.1, 0.15) is 12.8 Å². The molecule has 2 heterocycles. The third kappa shape index (κ3) is 2.48. The molecular formula is C14H20N4. The van der Waals surface area contributed by atoms with E-state index in [0.29, 0.717) is 0 Å². The Hall–Kier alpha value is -1.55. The second-order valence-corrected chi connectivity index (χ2v) is 5.23. The molecule has 0 amide bonds. The summed E-state index contributed by atoms with van der Waals surface area (Å²) in [4.78, 5) is 10.2. The van der Waals surface area contributed by atoms with Crippen molar-refractivity contribution in [2.75, 3.05) is 32.0 Å². The highest BCUT2D eigenvalue weighted by Crippen LogP contribution is 2.18.